The highest BCUT2D eigenvalue weighted by atomic mass is 19.3. The Labute approximate surface area is 103 Å². The molecule has 0 aromatic heterocycles. The minimum Gasteiger partial charge on any atom is -0.398 e. The molecule has 2 N–H and O–H groups in total. The van der Waals surface area contributed by atoms with Crippen LogP contribution in [0.25, 0.3) is 0 Å². The van der Waals surface area contributed by atoms with Gasteiger partial charge in [0.05, 0.1) is 5.56 Å². The lowest BCUT2D eigenvalue weighted by Crippen LogP contribution is -2.31. The van der Waals surface area contributed by atoms with Crippen molar-refractivity contribution in [3.63, 3.8) is 0 Å². The summed E-state index contributed by atoms with van der Waals surface area (Å²) in [6.45, 7) is 0.653. The SMILES string of the molecule is CN(CCC(C)(F)F)C(=O)c1cc(F)ccc1N. The molecule has 1 amide bonds. The maximum atomic E-state index is 13.0. The number of carbonyl (C=O) groups excluding carboxylic acids is 1. The van der Waals surface area contributed by atoms with E-state index in [-0.39, 0.29) is 17.8 Å². The molecule has 0 spiro atoms. The average Bonchev–Trinajstić information content (AvgIpc) is 2.27. The third-order valence-corrected chi connectivity index (χ3v) is 2.48. The first-order valence-electron chi connectivity index (χ1n) is 5.39. The van der Waals surface area contributed by atoms with Crippen LogP contribution in [0.4, 0.5) is 18.9 Å². The fourth-order valence-corrected chi connectivity index (χ4v) is 1.38. The van der Waals surface area contributed by atoms with Crippen LogP contribution < -0.4 is 5.73 Å². The summed E-state index contributed by atoms with van der Waals surface area (Å²) in [5, 5.41) is 0. The fraction of sp³-hybridized carbons (Fsp3) is 0.417. The van der Waals surface area contributed by atoms with Gasteiger partial charge in [0.15, 0.2) is 0 Å². The molecule has 6 heteroatoms. The Balaban J connectivity index is 2.77. The van der Waals surface area contributed by atoms with Crippen molar-refractivity contribution in [3.05, 3.63) is 29.6 Å². The van der Waals surface area contributed by atoms with Crippen LogP contribution >= 0.6 is 0 Å². The molecule has 0 atom stereocenters. The summed E-state index contributed by atoms with van der Waals surface area (Å²) in [5.74, 6) is -4.01. The number of nitrogens with zero attached hydrogens (tertiary/aromatic N) is 1. The van der Waals surface area contributed by atoms with Gasteiger partial charge in [-0.15, -0.1) is 0 Å². The minimum atomic E-state index is -2.85. The molecule has 0 unspecified atom stereocenters. The maximum Gasteiger partial charge on any atom is 0.255 e. The van der Waals surface area contributed by atoms with Gasteiger partial charge in [0, 0.05) is 25.7 Å². The van der Waals surface area contributed by atoms with Gasteiger partial charge in [-0.05, 0) is 25.1 Å². The third-order valence-electron chi connectivity index (χ3n) is 2.48. The molecule has 100 valence electrons. The Morgan fingerprint density at radius 1 is 1.44 bits per heavy atom. The molecule has 0 fully saturated rings. The maximum absolute atomic E-state index is 13.0. The summed E-state index contributed by atoms with van der Waals surface area (Å²) in [6, 6.07) is 3.40. The van der Waals surface area contributed by atoms with Crippen molar-refractivity contribution in [2.45, 2.75) is 19.3 Å². The summed E-state index contributed by atoms with van der Waals surface area (Å²) in [5.41, 5.74) is 5.65. The zero-order valence-electron chi connectivity index (χ0n) is 10.2. The fourth-order valence-electron chi connectivity index (χ4n) is 1.38. The van der Waals surface area contributed by atoms with Crippen molar-refractivity contribution in [3.8, 4) is 0 Å². The lowest BCUT2D eigenvalue weighted by Gasteiger charge is -2.20. The van der Waals surface area contributed by atoms with Gasteiger partial charge in [0.2, 0.25) is 5.92 Å². The number of halogens is 3. The van der Waals surface area contributed by atoms with E-state index in [1.54, 1.807) is 0 Å². The Morgan fingerprint density at radius 3 is 2.61 bits per heavy atom. The molecule has 3 nitrogen and oxygen atoms in total. The third kappa shape index (κ3) is 3.94. The van der Waals surface area contributed by atoms with Gasteiger partial charge >= 0.3 is 0 Å². The lowest BCUT2D eigenvalue weighted by atomic mass is 10.1. The number of amides is 1. The average molecular weight is 260 g/mol. The molecule has 0 aliphatic rings. The summed E-state index contributed by atoms with van der Waals surface area (Å²) < 4.78 is 38.3. The van der Waals surface area contributed by atoms with Gasteiger partial charge in [-0.2, -0.15) is 0 Å². The Hall–Kier alpha value is -1.72. The van der Waals surface area contributed by atoms with Crippen molar-refractivity contribution in [1.82, 2.24) is 4.90 Å². The second-order valence-electron chi connectivity index (χ2n) is 4.28. The van der Waals surface area contributed by atoms with Crippen LogP contribution in [0.5, 0.6) is 0 Å². The van der Waals surface area contributed by atoms with Crippen LogP contribution in [0.3, 0.4) is 0 Å². The van der Waals surface area contributed by atoms with Gasteiger partial charge < -0.3 is 10.6 Å². The highest BCUT2D eigenvalue weighted by molar-refractivity contribution is 5.98. The van der Waals surface area contributed by atoms with Gasteiger partial charge in [-0.3, -0.25) is 4.79 Å². The van der Waals surface area contributed by atoms with Crippen LogP contribution in [0.1, 0.15) is 23.7 Å². The molecule has 0 saturated carbocycles. The normalized spacial score (nSPS) is 11.4. The molecule has 0 radical (unpaired) electrons. The van der Waals surface area contributed by atoms with E-state index in [4.69, 9.17) is 5.73 Å². The predicted octanol–water partition coefficient (Wildman–Crippen LogP) is 2.53. The smallest absolute Gasteiger partial charge is 0.255 e. The number of rotatable bonds is 4. The number of nitrogen functional groups attached to an aromatic ring is 1. The van der Waals surface area contributed by atoms with Crippen LogP contribution in [-0.2, 0) is 0 Å². The predicted molar refractivity (Wildman–Crippen MR) is 63.0 cm³/mol. The van der Waals surface area contributed by atoms with Crippen LogP contribution in [0, 0.1) is 5.82 Å². The largest absolute Gasteiger partial charge is 0.398 e. The molecular weight excluding hydrogens is 245 g/mol. The van der Waals surface area contributed by atoms with Crippen molar-refractivity contribution in [2.24, 2.45) is 0 Å². The number of hydrogen-bond acceptors (Lipinski definition) is 2. The molecule has 0 heterocycles. The number of alkyl halides is 2. The quantitative estimate of drug-likeness (QED) is 0.845. The Bertz CT molecular complexity index is 443. The summed E-state index contributed by atoms with van der Waals surface area (Å²) in [7, 11) is 1.37. The van der Waals surface area contributed by atoms with Crippen LogP contribution in [0.15, 0.2) is 18.2 Å². The van der Waals surface area contributed by atoms with E-state index in [0.29, 0.717) is 0 Å². The number of hydrogen-bond donors (Lipinski definition) is 1. The van der Waals surface area contributed by atoms with E-state index in [0.717, 1.165) is 24.0 Å². The molecule has 18 heavy (non-hydrogen) atoms. The lowest BCUT2D eigenvalue weighted by molar-refractivity contribution is 0.00601. The molecule has 1 aromatic rings. The van der Waals surface area contributed by atoms with E-state index in [1.807, 2.05) is 0 Å². The van der Waals surface area contributed by atoms with Crippen molar-refractivity contribution >= 4 is 11.6 Å². The summed E-state index contributed by atoms with van der Waals surface area (Å²) >= 11 is 0. The van der Waals surface area contributed by atoms with Crippen LogP contribution in [0.2, 0.25) is 0 Å². The Kier molecular flexibility index (Phi) is 4.21. The Morgan fingerprint density at radius 2 is 2.06 bits per heavy atom. The second-order valence-corrected chi connectivity index (χ2v) is 4.28. The van der Waals surface area contributed by atoms with Gasteiger partial charge in [0.1, 0.15) is 5.82 Å². The first kappa shape index (κ1) is 14.3. The highest BCUT2D eigenvalue weighted by Crippen LogP contribution is 2.19. The first-order chi connectivity index (χ1) is 8.20. The standard InChI is InChI=1S/C12H15F3N2O/c1-12(14,15)5-6-17(2)11(18)9-7-8(13)3-4-10(9)16/h3-4,7H,5-6,16H2,1-2H3. The molecule has 0 aliphatic carbocycles. The summed E-state index contributed by atoms with van der Waals surface area (Å²) in [4.78, 5) is 13.0. The van der Waals surface area contributed by atoms with Gasteiger partial charge in [-0.25, -0.2) is 13.2 Å². The molecule has 1 aromatic carbocycles. The van der Waals surface area contributed by atoms with E-state index in [1.165, 1.54) is 13.1 Å². The van der Waals surface area contributed by atoms with E-state index in [9.17, 15) is 18.0 Å². The number of nitrogens with two attached hydrogens (primary N) is 1. The van der Waals surface area contributed by atoms with Gasteiger partial charge in [-0.1, -0.05) is 0 Å². The van der Waals surface area contributed by atoms with Crippen LogP contribution in [-0.4, -0.2) is 30.3 Å². The minimum absolute atomic E-state index is 0.0167. The molecule has 0 bridgehead atoms. The monoisotopic (exact) mass is 260 g/mol. The zero-order chi connectivity index (χ0) is 13.9. The number of carbonyl (C=O) groups is 1. The molecule has 0 aliphatic heterocycles. The van der Waals surface area contributed by atoms with E-state index >= 15 is 0 Å². The van der Waals surface area contributed by atoms with Gasteiger partial charge in [0.25, 0.3) is 5.91 Å². The van der Waals surface area contributed by atoms with E-state index < -0.39 is 24.1 Å². The first-order valence-corrected chi connectivity index (χ1v) is 5.39. The van der Waals surface area contributed by atoms with Crippen molar-refractivity contribution in [2.75, 3.05) is 19.3 Å². The molecular formula is C12H15F3N2O. The van der Waals surface area contributed by atoms with E-state index in [2.05, 4.69) is 0 Å². The van der Waals surface area contributed by atoms with Crippen molar-refractivity contribution < 1.29 is 18.0 Å². The highest BCUT2D eigenvalue weighted by Gasteiger charge is 2.23. The topological polar surface area (TPSA) is 46.3 Å². The number of benzene rings is 1. The second kappa shape index (κ2) is 5.29. The molecule has 0 saturated heterocycles. The summed E-state index contributed by atoms with van der Waals surface area (Å²) in [6.07, 6.45) is -0.454. The number of anilines is 1. The zero-order valence-corrected chi connectivity index (χ0v) is 10.2. The van der Waals surface area contributed by atoms with Crippen molar-refractivity contribution in [1.29, 1.82) is 0 Å². The molecule has 1 rings (SSSR count).